The molecule has 140 valence electrons. The van der Waals surface area contributed by atoms with Crippen molar-refractivity contribution in [3.8, 4) is 0 Å². The molecule has 0 fully saturated rings. The van der Waals surface area contributed by atoms with Gasteiger partial charge in [0.2, 0.25) is 0 Å². The van der Waals surface area contributed by atoms with Crippen molar-refractivity contribution in [1.29, 1.82) is 0 Å². The van der Waals surface area contributed by atoms with Gasteiger partial charge < -0.3 is 4.74 Å². The highest BCUT2D eigenvalue weighted by atomic mass is 32.2. The molecule has 0 amide bonds. The highest BCUT2D eigenvalue weighted by Gasteiger charge is 2.22. The topological polar surface area (TPSA) is 61.2 Å². The van der Waals surface area contributed by atoms with Crippen molar-refractivity contribution in [2.24, 2.45) is 0 Å². The molecular weight excluding hydrogens is 360 g/mol. The van der Waals surface area contributed by atoms with Crippen LogP contribution in [-0.4, -0.2) is 34.3 Å². The Morgan fingerprint density at radius 2 is 1.78 bits per heavy atom. The van der Waals surface area contributed by atoms with Gasteiger partial charge in [0.25, 0.3) is 5.56 Å². The third-order valence-electron chi connectivity index (χ3n) is 4.33. The molecule has 1 aromatic heterocycles. The van der Waals surface area contributed by atoms with E-state index in [0.717, 1.165) is 0 Å². The summed E-state index contributed by atoms with van der Waals surface area (Å²) in [7, 11) is 1.60. The Hall–Kier alpha value is -2.44. The Bertz CT molecular complexity index is 1000. The van der Waals surface area contributed by atoms with Crippen molar-refractivity contribution in [3.05, 3.63) is 70.5 Å². The standard InChI is InChI=1S/C21H22N2O3S/c1-14(13-26-3)23-20(25)17-11-7-8-12-18(17)22-21(23)27-15(2)19(24)16-9-5-4-6-10-16/h4-12,14-15H,13H2,1-3H3/t14-,15-/m1/s1. The summed E-state index contributed by atoms with van der Waals surface area (Å²) in [6.45, 7) is 4.14. The number of thioether (sulfide) groups is 1. The molecule has 27 heavy (non-hydrogen) atoms. The highest BCUT2D eigenvalue weighted by molar-refractivity contribution is 8.00. The Kier molecular flexibility index (Phi) is 6.08. The zero-order valence-corrected chi connectivity index (χ0v) is 16.4. The number of benzene rings is 2. The maximum atomic E-state index is 13.1. The number of methoxy groups -OCH3 is 1. The molecule has 0 bridgehead atoms. The number of carbonyl (C=O) groups excluding carboxylic acids is 1. The van der Waals surface area contributed by atoms with Gasteiger partial charge in [-0.1, -0.05) is 54.2 Å². The third-order valence-corrected chi connectivity index (χ3v) is 5.40. The number of ketones is 1. The van der Waals surface area contributed by atoms with Gasteiger partial charge in [0.05, 0.1) is 28.8 Å². The summed E-state index contributed by atoms with van der Waals surface area (Å²) >= 11 is 1.30. The largest absolute Gasteiger partial charge is 0.383 e. The molecule has 0 spiro atoms. The lowest BCUT2D eigenvalue weighted by atomic mass is 10.1. The van der Waals surface area contributed by atoms with Gasteiger partial charge in [-0.05, 0) is 26.0 Å². The lowest BCUT2D eigenvalue weighted by Gasteiger charge is -2.20. The first-order chi connectivity index (χ1) is 13.0. The number of nitrogens with zero attached hydrogens (tertiary/aromatic N) is 2. The molecule has 3 rings (SSSR count). The smallest absolute Gasteiger partial charge is 0.262 e. The van der Waals surface area contributed by atoms with Crippen LogP contribution in [0, 0.1) is 0 Å². The van der Waals surface area contributed by atoms with E-state index in [-0.39, 0.29) is 22.6 Å². The number of carbonyl (C=O) groups is 1. The Labute approximate surface area is 162 Å². The zero-order chi connectivity index (χ0) is 19.4. The van der Waals surface area contributed by atoms with Crippen LogP contribution in [0.25, 0.3) is 10.9 Å². The van der Waals surface area contributed by atoms with Crippen LogP contribution in [0.15, 0.2) is 64.5 Å². The van der Waals surface area contributed by atoms with Gasteiger partial charge in [-0.15, -0.1) is 0 Å². The fourth-order valence-corrected chi connectivity index (χ4v) is 4.05. The molecule has 2 aromatic carbocycles. The molecular formula is C21H22N2O3S. The van der Waals surface area contributed by atoms with E-state index in [0.29, 0.717) is 28.2 Å². The van der Waals surface area contributed by atoms with Crippen LogP contribution in [0.5, 0.6) is 0 Å². The van der Waals surface area contributed by atoms with E-state index in [9.17, 15) is 9.59 Å². The first-order valence-electron chi connectivity index (χ1n) is 8.79. The lowest BCUT2D eigenvalue weighted by molar-refractivity contribution is 0.0993. The number of Topliss-reactive ketones (excluding diaryl/α,β-unsaturated/α-hetero) is 1. The minimum absolute atomic E-state index is 0.00829. The van der Waals surface area contributed by atoms with Gasteiger partial charge in [-0.25, -0.2) is 4.98 Å². The zero-order valence-electron chi connectivity index (χ0n) is 15.6. The fraction of sp³-hybridized carbons (Fsp3) is 0.286. The number of fused-ring (bicyclic) bond motifs is 1. The van der Waals surface area contributed by atoms with Crippen molar-refractivity contribution >= 4 is 28.4 Å². The number of para-hydroxylation sites is 1. The second-order valence-corrected chi connectivity index (χ2v) is 7.69. The maximum Gasteiger partial charge on any atom is 0.262 e. The maximum absolute atomic E-state index is 13.1. The second kappa shape index (κ2) is 8.50. The van der Waals surface area contributed by atoms with Crippen LogP contribution in [0.4, 0.5) is 0 Å². The average Bonchev–Trinajstić information content (AvgIpc) is 2.68. The molecule has 0 aliphatic heterocycles. The van der Waals surface area contributed by atoms with Gasteiger partial charge in [0, 0.05) is 12.7 Å². The highest BCUT2D eigenvalue weighted by Crippen LogP contribution is 2.27. The summed E-state index contributed by atoms with van der Waals surface area (Å²) in [6, 6.07) is 16.2. The quantitative estimate of drug-likeness (QED) is 0.352. The van der Waals surface area contributed by atoms with E-state index in [1.54, 1.807) is 29.9 Å². The van der Waals surface area contributed by atoms with Crippen LogP contribution in [0.2, 0.25) is 0 Å². The van der Waals surface area contributed by atoms with Crippen molar-refractivity contribution in [3.63, 3.8) is 0 Å². The van der Waals surface area contributed by atoms with Crippen LogP contribution in [-0.2, 0) is 4.74 Å². The van der Waals surface area contributed by atoms with Gasteiger partial charge in [-0.2, -0.15) is 0 Å². The predicted octanol–water partition coefficient (Wildman–Crippen LogP) is 3.97. The first-order valence-corrected chi connectivity index (χ1v) is 9.67. The molecule has 2 atom stereocenters. The van der Waals surface area contributed by atoms with Gasteiger partial charge in [0.1, 0.15) is 0 Å². The fourth-order valence-electron chi connectivity index (χ4n) is 2.96. The monoisotopic (exact) mass is 382 g/mol. The summed E-state index contributed by atoms with van der Waals surface area (Å²) in [5.74, 6) is 0.00829. The predicted molar refractivity (Wildman–Crippen MR) is 109 cm³/mol. The van der Waals surface area contributed by atoms with E-state index in [1.807, 2.05) is 50.2 Å². The molecule has 0 aliphatic rings. The molecule has 1 heterocycles. The molecule has 6 heteroatoms. The second-order valence-electron chi connectivity index (χ2n) is 6.38. The van der Waals surface area contributed by atoms with Crippen molar-refractivity contribution in [2.75, 3.05) is 13.7 Å². The molecule has 0 unspecified atom stereocenters. The van der Waals surface area contributed by atoms with E-state index >= 15 is 0 Å². The molecule has 0 saturated heterocycles. The Balaban J connectivity index is 2.03. The van der Waals surface area contributed by atoms with E-state index in [1.165, 1.54) is 11.8 Å². The van der Waals surface area contributed by atoms with Crippen molar-refractivity contribution < 1.29 is 9.53 Å². The van der Waals surface area contributed by atoms with E-state index < -0.39 is 0 Å². The van der Waals surface area contributed by atoms with Crippen LogP contribution in [0.3, 0.4) is 0 Å². The minimum Gasteiger partial charge on any atom is -0.383 e. The average molecular weight is 382 g/mol. The summed E-state index contributed by atoms with van der Waals surface area (Å²) < 4.78 is 6.87. The van der Waals surface area contributed by atoms with Crippen LogP contribution in [0.1, 0.15) is 30.2 Å². The van der Waals surface area contributed by atoms with Crippen LogP contribution >= 0.6 is 11.8 Å². The van der Waals surface area contributed by atoms with Gasteiger partial charge in [0.15, 0.2) is 10.9 Å². The number of hydrogen-bond donors (Lipinski definition) is 0. The van der Waals surface area contributed by atoms with E-state index in [2.05, 4.69) is 4.98 Å². The molecule has 3 aromatic rings. The number of aromatic nitrogens is 2. The van der Waals surface area contributed by atoms with Gasteiger partial charge in [-0.3, -0.25) is 14.2 Å². The molecule has 0 N–H and O–H groups in total. The molecule has 0 saturated carbocycles. The van der Waals surface area contributed by atoms with Crippen molar-refractivity contribution in [2.45, 2.75) is 30.3 Å². The lowest BCUT2D eigenvalue weighted by Crippen LogP contribution is -2.29. The SMILES string of the molecule is COC[C@@H](C)n1c(S[C@H](C)C(=O)c2ccccc2)nc2ccccc2c1=O. The summed E-state index contributed by atoms with van der Waals surface area (Å²) in [6.07, 6.45) is 0. The van der Waals surface area contributed by atoms with Gasteiger partial charge >= 0.3 is 0 Å². The summed E-state index contributed by atoms with van der Waals surface area (Å²) in [4.78, 5) is 30.5. The number of hydrogen-bond acceptors (Lipinski definition) is 5. The Morgan fingerprint density at radius 3 is 2.48 bits per heavy atom. The molecule has 0 aliphatic carbocycles. The van der Waals surface area contributed by atoms with Crippen molar-refractivity contribution in [1.82, 2.24) is 9.55 Å². The Morgan fingerprint density at radius 1 is 1.11 bits per heavy atom. The number of ether oxygens (including phenoxy) is 1. The minimum atomic E-state index is -0.374. The summed E-state index contributed by atoms with van der Waals surface area (Å²) in [5, 5.41) is 0.716. The number of rotatable bonds is 7. The van der Waals surface area contributed by atoms with E-state index in [4.69, 9.17) is 4.74 Å². The normalized spacial score (nSPS) is 13.4. The van der Waals surface area contributed by atoms with Crippen LogP contribution < -0.4 is 5.56 Å². The first kappa shape index (κ1) is 19.3. The molecule has 0 radical (unpaired) electrons. The summed E-state index contributed by atoms with van der Waals surface area (Å²) in [5.41, 5.74) is 1.16. The molecule has 5 nitrogen and oxygen atoms in total. The third kappa shape index (κ3) is 4.12.